The number of hydrogen-bond acceptors (Lipinski definition) is 5. The molecule has 0 fully saturated rings. The minimum atomic E-state index is -0.116. The van der Waals surface area contributed by atoms with Crippen molar-refractivity contribution in [1.29, 1.82) is 0 Å². The normalized spacial score (nSPS) is 12.5. The second kappa shape index (κ2) is 9.01. The number of carbonyl (C=O) groups excluding carboxylic acids is 1. The van der Waals surface area contributed by atoms with Gasteiger partial charge in [-0.05, 0) is 60.5 Å². The molecule has 1 amide bonds. The Bertz CT molecular complexity index is 1200. The Balaban J connectivity index is 1.11. The predicted octanol–water partition coefficient (Wildman–Crippen LogP) is 3.66. The quantitative estimate of drug-likeness (QED) is 0.485. The Morgan fingerprint density at radius 2 is 1.88 bits per heavy atom. The first-order chi connectivity index (χ1) is 15.7. The molecule has 0 spiro atoms. The maximum atomic E-state index is 12.4. The van der Waals surface area contributed by atoms with E-state index in [4.69, 9.17) is 14.2 Å². The van der Waals surface area contributed by atoms with Crippen molar-refractivity contribution in [2.24, 2.45) is 0 Å². The summed E-state index contributed by atoms with van der Waals surface area (Å²) in [4.78, 5) is 17.0. The number of fused-ring (bicyclic) bond motifs is 2. The van der Waals surface area contributed by atoms with Gasteiger partial charge in [-0.25, -0.2) is 4.98 Å². The lowest BCUT2D eigenvalue weighted by molar-refractivity contribution is 0.0954. The van der Waals surface area contributed by atoms with Crippen LogP contribution in [-0.4, -0.2) is 35.1 Å². The molecule has 2 aromatic heterocycles. The molecule has 0 saturated carbocycles. The summed E-state index contributed by atoms with van der Waals surface area (Å²) >= 11 is 0. The van der Waals surface area contributed by atoms with Gasteiger partial charge in [0.2, 0.25) is 0 Å². The van der Waals surface area contributed by atoms with Gasteiger partial charge in [0.15, 0.2) is 11.5 Å². The van der Waals surface area contributed by atoms with Gasteiger partial charge < -0.3 is 23.9 Å². The van der Waals surface area contributed by atoms with Gasteiger partial charge in [0.25, 0.3) is 5.91 Å². The van der Waals surface area contributed by atoms with Crippen molar-refractivity contribution in [3.8, 4) is 17.2 Å². The highest BCUT2D eigenvalue weighted by Crippen LogP contribution is 2.30. The van der Waals surface area contributed by atoms with Gasteiger partial charge in [-0.1, -0.05) is 12.1 Å². The molecule has 2 aromatic carbocycles. The van der Waals surface area contributed by atoms with E-state index in [2.05, 4.69) is 10.3 Å². The van der Waals surface area contributed by atoms with E-state index in [0.717, 1.165) is 28.4 Å². The van der Waals surface area contributed by atoms with Crippen molar-refractivity contribution in [1.82, 2.24) is 14.7 Å². The lowest BCUT2D eigenvalue weighted by Gasteiger charge is -2.18. The lowest BCUT2D eigenvalue weighted by atomic mass is 10.1. The van der Waals surface area contributed by atoms with Gasteiger partial charge in [0, 0.05) is 24.5 Å². The molecule has 0 bridgehead atoms. The van der Waals surface area contributed by atoms with Gasteiger partial charge >= 0.3 is 0 Å². The van der Waals surface area contributed by atoms with E-state index in [9.17, 15) is 4.79 Å². The molecule has 1 aliphatic rings. The fraction of sp³-hybridized carbons (Fsp3) is 0.200. The summed E-state index contributed by atoms with van der Waals surface area (Å²) in [5.74, 6) is 2.11. The van der Waals surface area contributed by atoms with Crippen LogP contribution < -0.4 is 19.5 Å². The Hall–Kier alpha value is -4.00. The monoisotopic (exact) mass is 429 g/mol. The molecule has 1 N–H and O–H groups in total. The number of benzene rings is 2. The van der Waals surface area contributed by atoms with Crippen molar-refractivity contribution in [3.05, 3.63) is 89.9 Å². The van der Waals surface area contributed by atoms with Crippen LogP contribution in [0.5, 0.6) is 17.2 Å². The van der Waals surface area contributed by atoms with Crippen LogP contribution in [0.15, 0.2) is 73.1 Å². The summed E-state index contributed by atoms with van der Waals surface area (Å²) in [6.07, 6.45) is 4.61. The zero-order chi connectivity index (χ0) is 21.8. The average molecular weight is 429 g/mol. The number of amides is 1. The van der Waals surface area contributed by atoms with E-state index in [-0.39, 0.29) is 5.91 Å². The van der Waals surface area contributed by atoms with E-state index in [1.807, 2.05) is 53.2 Å². The Morgan fingerprint density at radius 1 is 1.03 bits per heavy atom. The summed E-state index contributed by atoms with van der Waals surface area (Å²) in [5.41, 5.74) is 3.41. The Labute approximate surface area is 185 Å². The predicted molar refractivity (Wildman–Crippen MR) is 119 cm³/mol. The lowest BCUT2D eigenvalue weighted by Crippen LogP contribution is -2.25. The summed E-state index contributed by atoms with van der Waals surface area (Å²) in [5, 5.41) is 2.96. The summed E-state index contributed by atoms with van der Waals surface area (Å²) in [6, 6.07) is 18.9. The molecule has 32 heavy (non-hydrogen) atoms. The first-order valence-electron chi connectivity index (χ1n) is 10.6. The van der Waals surface area contributed by atoms with Crippen molar-refractivity contribution in [3.63, 3.8) is 0 Å². The molecule has 5 rings (SSSR count). The number of nitrogens with zero attached hydrogens (tertiary/aromatic N) is 2. The SMILES string of the molecule is O=C(NCCc1ccc2c(c1)OCCO2)c1ccc(OCc2cn3ccccc3n2)cc1. The number of nitrogens with one attached hydrogen (secondary N) is 1. The number of hydrogen-bond donors (Lipinski definition) is 1. The summed E-state index contributed by atoms with van der Waals surface area (Å²) in [7, 11) is 0. The van der Waals surface area contributed by atoms with E-state index in [1.54, 1.807) is 24.3 Å². The molecular weight excluding hydrogens is 406 g/mol. The second-order valence-electron chi connectivity index (χ2n) is 7.50. The minimum absolute atomic E-state index is 0.116. The number of carbonyl (C=O) groups is 1. The third-order valence-corrected chi connectivity index (χ3v) is 5.22. The molecule has 162 valence electrons. The summed E-state index contributed by atoms with van der Waals surface area (Å²) in [6.45, 7) is 2.03. The number of imidazole rings is 1. The maximum absolute atomic E-state index is 12.4. The fourth-order valence-electron chi connectivity index (χ4n) is 3.58. The van der Waals surface area contributed by atoms with Crippen molar-refractivity contribution in [2.45, 2.75) is 13.0 Å². The van der Waals surface area contributed by atoms with Crippen LogP contribution in [0.4, 0.5) is 0 Å². The molecule has 7 nitrogen and oxygen atoms in total. The number of aromatic nitrogens is 2. The highest BCUT2D eigenvalue weighted by atomic mass is 16.6. The smallest absolute Gasteiger partial charge is 0.251 e. The summed E-state index contributed by atoms with van der Waals surface area (Å²) < 4.78 is 18.9. The van der Waals surface area contributed by atoms with Crippen LogP contribution in [0, 0.1) is 0 Å². The molecular formula is C25H23N3O4. The molecule has 0 atom stereocenters. The molecule has 0 saturated heterocycles. The molecule has 4 aromatic rings. The first-order valence-corrected chi connectivity index (χ1v) is 10.6. The standard InChI is InChI=1S/C25H23N3O4/c29-25(26-11-10-18-4-9-22-23(15-18)31-14-13-30-22)19-5-7-21(8-6-19)32-17-20-16-28-12-2-1-3-24(28)27-20/h1-9,12,15-16H,10-11,13-14,17H2,(H,26,29). The van der Waals surface area contributed by atoms with Gasteiger partial charge in [-0.3, -0.25) is 4.79 Å². The maximum Gasteiger partial charge on any atom is 0.251 e. The number of pyridine rings is 1. The average Bonchev–Trinajstić information content (AvgIpc) is 3.26. The van der Waals surface area contributed by atoms with Crippen LogP contribution in [0.25, 0.3) is 5.65 Å². The molecule has 0 radical (unpaired) electrons. The molecule has 0 aliphatic carbocycles. The highest BCUT2D eigenvalue weighted by Gasteiger charge is 2.12. The topological polar surface area (TPSA) is 74.1 Å². The molecule has 7 heteroatoms. The van der Waals surface area contributed by atoms with Crippen LogP contribution in [-0.2, 0) is 13.0 Å². The van der Waals surface area contributed by atoms with Gasteiger partial charge in [0.05, 0.1) is 5.69 Å². The van der Waals surface area contributed by atoms with Gasteiger partial charge in [0.1, 0.15) is 31.2 Å². The van der Waals surface area contributed by atoms with E-state index < -0.39 is 0 Å². The van der Waals surface area contributed by atoms with Crippen LogP contribution in [0.2, 0.25) is 0 Å². The van der Waals surface area contributed by atoms with E-state index in [0.29, 0.717) is 44.1 Å². The molecule has 1 aliphatic heterocycles. The first kappa shape index (κ1) is 19.9. The van der Waals surface area contributed by atoms with Crippen LogP contribution >= 0.6 is 0 Å². The number of ether oxygens (including phenoxy) is 3. The minimum Gasteiger partial charge on any atom is -0.487 e. The van der Waals surface area contributed by atoms with Crippen LogP contribution in [0.3, 0.4) is 0 Å². The zero-order valence-electron chi connectivity index (χ0n) is 17.5. The highest BCUT2D eigenvalue weighted by molar-refractivity contribution is 5.94. The number of rotatable bonds is 7. The fourth-order valence-corrected chi connectivity index (χ4v) is 3.58. The van der Waals surface area contributed by atoms with Crippen molar-refractivity contribution >= 4 is 11.6 Å². The Morgan fingerprint density at radius 3 is 2.72 bits per heavy atom. The Kier molecular flexibility index (Phi) is 5.61. The van der Waals surface area contributed by atoms with Gasteiger partial charge in [-0.15, -0.1) is 0 Å². The van der Waals surface area contributed by atoms with Gasteiger partial charge in [-0.2, -0.15) is 0 Å². The van der Waals surface area contributed by atoms with Crippen molar-refractivity contribution < 1.29 is 19.0 Å². The van der Waals surface area contributed by atoms with E-state index >= 15 is 0 Å². The molecule has 0 unspecified atom stereocenters. The zero-order valence-corrected chi connectivity index (χ0v) is 17.5. The van der Waals surface area contributed by atoms with Crippen LogP contribution in [0.1, 0.15) is 21.6 Å². The van der Waals surface area contributed by atoms with E-state index in [1.165, 1.54) is 0 Å². The third kappa shape index (κ3) is 4.51. The van der Waals surface area contributed by atoms with Crippen molar-refractivity contribution in [2.75, 3.05) is 19.8 Å². The second-order valence-corrected chi connectivity index (χ2v) is 7.50. The molecule has 3 heterocycles. The third-order valence-electron chi connectivity index (χ3n) is 5.22. The largest absolute Gasteiger partial charge is 0.487 e.